The van der Waals surface area contributed by atoms with Crippen LogP contribution in [0.5, 0.6) is 17.2 Å². The van der Waals surface area contributed by atoms with E-state index in [0.717, 1.165) is 4.70 Å². The Labute approximate surface area is 143 Å². The topological polar surface area (TPSA) is 69.7 Å². The van der Waals surface area contributed by atoms with Gasteiger partial charge in [-0.05, 0) is 24.3 Å². The summed E-state index contributed by atoms with van der Waals surface area (Å²) in [6, 6.07) is 10.8. The van der Waals surface area contributed by atoms with Gasteiger partial charge in [0.15, 0.2) is 5.13 Å². The highest BCUT2D eigenvalue weighted by molar-refractivity contribution is 7.22. The molecule has 1 heterocycles. The van der Waals surface area contributed by atoms with Crippen LogP contribution in [0.4, 0.5) is 5.13 Å². The van der Waals surface area contributed by atoms with E-state index in [1.807, 2.05) is 18.2 Å². The van der Waals surface area contributed by atoms with Gasteiger partial charge < -0.3 is 14.2 Å². The van der Waals surface area contributed by atoms with Crippen LogP contribution < -0.4 is 19.5 Å². The number of hydrogen-bond donors (Lipinski definition) is 1. The number of amides is 1. The van der Waals surface area contributed by atoms with Crippen LogP contribution in [-0.4, -0.2) is 32.2 Å². The van der Waals surface area contributed by atoms with E-state index in [-0.39, 0.29) is 5.91 Å². The molecule has 0 aliphatic rings. The molecule has 0 saturated carbocycles. The van der Waals surface area contributed by atoms with Crippen molar-refractivity contribution >= 4 is 32.6 Å². The number of thiazole rings is 1. The second-order valence-electron chi connectivity index (χ2n) is 4.82. The Morgan fingerprint density at radius 2 is 1.54 bits per heavy atom. The van der Waals surface area contributed by atoms with Crippen molar-refractivity contribution in [3.05, 3.63) is 42.0 Å². The third kappa shape index (κ3) is 2.85. The van der Waals surface area contributed by atoms with Crippen LogP contribution in [0.2, 0.25) is 0 Å². The van der Waals surface area contributed by atoms with Gasteiger partial charge in [0.1, 0.15) is 28.3 Å². The van der Waals surface area contributed by atoms with Gasteiger partial charge in [-0.25, -0.2) is 4.98 Å². The van der Waals surface area contributed by atoms with E-state index in [1.54, 1.807) is 25.3 Å². The van der Waals surface area contributed by atoms with E-state index in [4.69, 9.17) is 14.2 Å². The molecule has 0 atom stereocenters. The number of para-hydroxylation sites is 1. The lowest BCUT2D eigenvalue weighted by Crippen LogP contribution is -2.14. The largest absolute Gasteiger partial charge is 0.496 e. The van der Waals surface area contributed by atoms with Gasteiger partial charge >= 0.3 is 0 Å². The fourth-order valence-corrected chi connectivity index (χ4v) is 3.25. The molecule has 124 valence electrons. The first-order valence-corrected chi connectivity index (χ1v) is 7.95. The fraction of sp³-hybridized carbons (Fsp3) is 0.176. The first-order valence-electron chi connectivity index (χ1n) is 7.13. The molecule has 0 spiro atoms. The molecule has 7 heteroatoms. The third-order valence-electron chi connectivity index (χ3n) is 3.48. The standard InChI is InChI=1S/C17H16N2O4S/c1-21-10-6-4-7-11(22-2)14(10)16(20)19-17-18-15-12(23-3)8-5-9-13(15)24-17/h4-9H,1-3H3,(H,18,19,20). The minimum atomic E-state index is -0.345. The summed E-state index contributed by atoms with van der Waals surface area (Å²) in [5.41, 5.74) is 1.04. The summed E-state index contributed by atoms with van der Waals surface area (Å²) in [4.78, 5) is 17.1. The summed E-state index contributed by atoms with van der Waals surface area (Å²) in [6.45, 7) is 0. The van der Waals surface area contributed by atoms with E-state index >= 15 is 0 Å². The molecule has 0 aliphatic carbocycles. The Morgan fingerprint density at radius 3 is 2.17 bits per heavy atom. The predicted molar refractivity (Wildman–Crippen MR) is 93.7 cm³/mol. The van der Waals surface area contributed by atoms with Crippen LogP contribution >= 0.6 is 11.3 Å². The summed E-state index contributed by atoms with van der Waals surface area (Å²) in [6.07, 6.45) is 0. The van der Waals surface area contributed by atoms with E-state index in [1.165, 1.54) is 25.6 Å². The summed E-state index contributed by atoms with van der Waals surface area (Å²) in [5, 5.41) is 3.28. The Kier molecular flexibility index (Phi) is 4.52. The van der Waals surface area contributed by atoms with Crippen molar-refractivity contribution in [2.24, 2.45) is 0 Å². The minimum Gasteiger partial charge on any atom is -0.496 e. The van der Waals surface area contributed by atoms with Crippen molar-refractivity contribution < 1.29 is 19.0 Å². The van der Waals surface area contributed by atoms with Crippen molar-refractivity contribution in [1.29, 1.82) is 0 Å². The molecule has 0 fully saturated rings. The number of methoxy groups -OCH3 is 3. The predicted octanol–water partition coefficient (Wildman–Crippen LogP) is 3.57. The Bertz CT molecular complexity index is 869. The highest BCUT2D eigenvalue weighted by Gasteiger charge is 2.20. The SMILES string of the molecule is COc1cccc(OC)c1C(=O)Nc1nc2c(OC)cccc2s1. The average molecular weight is 344 g/mol. The monoisotopic (exact) mass is 344 g/mol. The Balaban J connectivity index is 1.96. The number of aromatic nitrogens is 1. The molecule has 0 bridgehead atoms. The van der Waals surface area contributed by atoms with Gasteiger partial charge in [0.05, 0.1) is 26.0 Å². The molecule has 0 saturated heterocycles. The number of nitrogens with zero attached hydrogens (tertiary/aromatic N) is 1. The van der Waals surface area contributed by atoms with Crippen molar-refractivity contribution in [2.75, 3.05) is 26.6 Å². The molecule has 0 radical (unpaired) electrons. The van der Waals surface area contributed by atoms with E-state index in [9.17, 15) is 4.79 Å². The van der Waals surface area contributed by atoms with Crippen LogP contribution in [0.3, 0.4) is 0 Å². The maximum absolute atomic E-state index is 12.7. The lowest BCUT2D eigenvalue weighted by Gasteiger charge is -2.11. The van der Waals surface area contributed by atoms with Crippen LogP contribution in [-0.2, 0) is 0 Å². The second-order valence-corrected chi connectivity index (χ2v) is 5.85. The smallest absolute Gasteiger partial charge is 0.265 e. The fourth-order valence-electron chi connectivity index (χ4n) is 2.38. The molecule has 0 unspecified atom stereocenters. The van der Waals surface area contributed by atoms with Crippen molar-refractivity contribution in [3.63, 3.8) is 0 Å². The minimum absolute atomic E-state index is 0.328. The number of rotatable bonds is 5. The van der Waals surface area contributed by atoms with E-state index in [0.29, 0.717) is 33.5 Å². The molecular formula is C17H16N2O4S. The zero-order valence-electron chi connectivity index (χ0n) is 13.5. The Morgan fingerprint density at radius 1 is 0.958 bits per heavy atom. The van der Waals surface area contributed by atoms with Gasteiger partial charge in [-0.15, -0.1) is 0 Å². The average Bonchev–Trinajstić information content (AvgIpc) is 3.02. The quantitative estimate of drug-likeness (QED) is 0.766. The van der Waals surface area contributed by atoms with Gasteiger partial charge in [0.2, 0.25) is 0 Å². The number of anilines is 1. The summed E-state index contributed by atoms with van der Waals surface area (Å²) in [7, 11) is 4.61. The highest BCUT2D eigenvalue weighted by atomic mass is 32.1. The molecular weight excluding hydrogens is 328 g/mol. The molecule has 24 heavy (non-hydrogen) atoms. The van der Waals surface area contributed by atoms with Crippen molar-refractivity contribution in [3.8, 4) is 17.2 Å². The summed E-state index contributed by atoms with van der Waals surface area (Å²) in [5.74, 6) is 1.19. The van der Waals surface area contributed by atoms with Crippen LogP contribution in [0, 0.1) is 0 Å². The van der Waals surface area contributed by atoms with Crippen LogP contribution in [0.15, 0.2) is 36.4 Å². The van der Waals surface area contributed by atoms with Crippen LogP contribution in [0.1, 0.15) is 10.4 Å². The molecule has 2 aromatic carbocycles. The lowest BCUT2D eigenvalue weighted by molar-refractivity contribution is 0.102. The van der Waals surface area contributed by atoms with E-state index < -0.39 is 0 Å². The van der Waals surface area contributed by atoms with Gasteiger partial charge in [-0.2, -0.15) is 0 Å². The molecule has 1 aromatic heterocycles. The lowest BCUT2D eigenvalue weighted by atomic mass is 10.1. The van der Waals surface area contributed by atoms with E-state index in [2.05, 4.69) is 10.3 Å². The van der Waals surface area contributed by atoms with Crippen LogP contribution in [0.25, 0.3) is 10.2 Å². The number of fused-ring (bicyclic) bond motifs is 1. The number of carbonyl (C=O) groups is 1. The number of carbonyl (C=O) groups excluding carboxylic acids is 1. The molecule has 3 rings (SSSR count). The van der Waals surface area contributed by atoms with Gasteiger partial charge in [-0.3, -0.25) is 10.1 Å². The zero-order chi connectivity index (χ0) is 17.1. The summed E-state index contributed by atoms with van der Waals surface area (Å²) < 4.78 is 16.8. The molecule has 3 aromatic rings. The first kappa shape index (κ1) is 16.1. The van der Waals surface area contributed by atoms with Gasteiger partial charge in [0, 0.05) is 0 Å². The van der Waals surface area contributed by atoms with Crippen molar-refractivity contribution in [2.45, 2.75) is 0 Å². The number of benzene rings is 2. The molecule has 1 N–H and O–H groups in total. The first-order chi connectivity index (χ1) is 11.7. The Hall–Kier alpha value is -2.80. The number of hydrogen-bond acceptors (Lipinski definition) is 6. The second kappa shape index (κ2) is 6.76. The van der Waals surface area contributed by atoms with Gasteiger partial charge in [-0.1, -0.05) is 23.5 Å². The normalized spacial score (nSPS) is 10.5. The molecule has 0 aliphatic heterocycles. The molecule has 6 nitrogen and oxygen atoms in total. The maximum atomic E-state index is 12.7. The highest BCUT2D eigenvalue weighted by Crippen LogP contribution is 2.34. The molecule has 1 amide bonds. The number of ether oxygens (including phenoxy) is 3. The zero-order valence-corrected chi connectivity index (χ0v) is 14.3. The summed E-state index contributed by atoms with van der Waals surface area (Å²) >= 11 is 1.37. The van der Waals surface area contributed by atoms with Crippen molar-refractivity contribution in [1.82, 2.24) is 4.98 Å². The third-order valence-corrected chi connectivity index (χ3v) is 4.41. The van der Waals surface area contributed by atoms with Gasteiger partial charge in [0.25, 0.3) is 5.91 Å². The number of nitrogens with one attached hydrogen (secondary N) is 1. The maximum Gasteiger partial charge on any atom is 0.265 e.